The molecule has 1 aliphatic rings. The van der Waals surface area contributed by atoms with Gasteiger partial charge in [-0.05, 0) is 19.1 Å². The van der Waals surface area contributed by atoms with Gasteiger partial charge in [-0.1, -0.05) is 12.1 Å². The predicted molar refractivity (Wildman–Crippen MR) is 53.6 cm³/mol. The van der Waals surface area contributed by atoms with Gasteiger partial charge in [0.15, 0.2) is 6.73 Å². The normalized spacial score (nSPS) is 14.1. The SMILES string of the molecule is CCOSN1COc2ccccc21. The quantitative estimate of drug-likeness (QED) is 0.548. The first-order valence-corrected chi connectivity index (χ1v) is 4.90. The minimum Gasteiger partial charge on any atom is -0.470 e. The Balaban J connectivity index is 2.09. The van der Waals surface area contributed by atoms with E-state index in [1.165, 1.54) is 12.2 Å². The summed E-state index contributed by atoms with van der Waals surface area (Å²) in [6.07, 6.45) is 0. The van der Waals surface area contributed by atoms with Crippen LogP contribution in [-0.4, -0.2) is 13.3 Å². The maximum absolute atomic E-state index is 5.43. The van der Waals surface area contributed by atoms with Gasteiger partial charge in [0.2, 0.25) is 0 Å². The molecule has 0 saturated heterocycles. The summed E-state index contributed by atoms with van der Waals surface area (Å²) in [5.41, 5.74) is 1.08. The molecule has 0 amide bonds. The van der Waals surface area contributed by atoms with Gasteiger partial charge in [-0.3, -0.25) is 8.49 Å². The van der Waals surface area contributed by atoms with Gasteiger partial charge < -0.3 is 4.74 Å². The first-order chi connectivity index (χ1) is 6.42. The Morgan fingerprint density at radius 1 is 1.54 bits per heavy atom. The average Bonchev–Trinajstić information content (AvgIpc) is 2.58. The van der Waals surface area contributed by atoms with Crippen LogP contribution in [0.1, 0.15) is 6.92 Å². The zero-order valence-corrected chi connectivity index (χ0v) is 8.21. The first kappa shape index (κ1) is 8.72. The van der Waals surface area contributed by atoms with Gasteiger partial charge in [-0.2, -0.15) is 0 Å². The number of benzene rings is 1. The fraction of sp³-hybridized carbons (Fsp3) is 0.333. The number of rotatable bonds is 3. The molecule has 2 rings (SSSR count). The molecule has 4 heteroatoms. The minimum absolute atomic E-state index is 0.560. The van der Waals surface area contributed by atoms with Gasteiger partial charge in [0, 0.05) is 0 Å². The van der Waals surface area contributed by atoms with E-state index in [4.69, 9.17) is 8.92 Å². The predicted octanol–water partition coefficient (Wildman–Crippen LogP) is 2.44. The van der Waals surface area contributed by atoms with Crippen molar-refractivity contribution in [3.63, 3.8) is 0 Å². The van der Waals surface area contributed by atoms with Crippen molar-refractivity contribution in [2.75, 3.05) is 17.6 Å². The van der Waals surface area contributed by atoms with Crippen LogP contribution in [0.2, 0.25) is 0 Å². The molecule has 3 nitrogen and oxygen atoms in total. The lowest BCUT2D eigenvalue weighted by molar-refractivity contribution is 0.354. The standard InChI is InChI=1S/C9H11NO2S/c1-2-12-13-10-7-11-9-6-4-3-5-8(9)10/h3-6H,2,7H2,1H3. The largest absolute Gasteiger partial charge is 0.470 e. The molecule has 0 aliphatic carbocycles. The number of para-hydroxylation sites is 2. The number of hydrogen-bond acceptors (Lipinski definition) is 4. The van der Waals surface area contributed by atoms with E-state index < -0.39 is 0 Å². The van der Waals surface area contributed by atoms with Crippen LogP contribution in [0.4, 0.5) is 5.69 Å². The van der Waals surface area contributed by atoms with E-state index in [-0.39, 0.29) is 0 Å². The van der Waals surface area contributed by atoms with E-state index in [0.29, 0.717) is 13.3 Å². The van der Waals surface area contributed by atoms with E-state index in [2.05, 4.69) is 0 Å². The molecule has 0 fully saturated rings. The smallest absolute Gasteiger partial charge is 0.173 e. The molecule has 1 heterocycles. The van der Waals surface area contributed by atoms with Crippen LogP contribution in [0.3, 0.4) is 0 Å². The lowest BCUT2D eigenvalue weighted by Gasteiger charge is -2.12. The summed E-state index contributed by atoms with van der Waals surface area (Å²) in [6.45, 7) is 3.23. The van der Waals surface area contributed by atoms with Gasteiger partial charge in [0.25, 0.3) is 0 Å². The van der Waals surface area contributed by atoms with Crippen molar-refractivity contribution < 1.29 is 8.92 Å². The molecule has 0 aromatic heterocycles. The molecule has 70 valence electrons. The zero-order chi connectivity index (χ0) is 9.10. The van der Waals surface area contributed by atoms with Crippen LogP contribution in [0, 0.1) is 0 Å². The molecule has 0 unspecified atom stereocenters. The highest BCUT2D eigenvalue weighted by Crippen LogP contribution is 2.37. The number of fused-ring (bicyclic) bond motifs is 1. The molecule has 0 spiro atoms. The van der Waals surface area contributed by atoms with E-state index in [1.54, 1.807) is 0 Å². The summed E-state index contributed by atoms with van der Waals surface area (Å²) in [6, 6.07) is 7.94. The first-order valence-electron chi connectivity index (χ1n) is 4.21. The van der Waals surface area contributed by atoms with Crippen LogP contribution < -0.4 is 9.04 Å². The monoisotopic (exact) mass is 197 g/mol. The third kappa shape index (κ3) is 1.73. The molecule has 0 N–H and O–H groups in total. The summed E-state index contributed by atoms with van der Waals surface area (Å²) in [7, 11) is 0. The van der Waals surface area contributed by atoms with Gasteiger partial charge in [0.05, 0.1) is 12.3 Å². The molecule has 1 aromatic rings. The van der Waals surface area contributed by atoms with Gasteiger partial charge in [-0.15, -0.1) is 0 Å². The Labute approximate surface area is 82.0 Å². The van der Waals surface area contributed by atoms with Gasteiger partial charge >= 0.3 is 0 Å². The van der Waals surface area contributed by atoms with Gasteiger partial charge in [0.1, 0.15) is 18.0 Å². The summed E-state index contributed by atoms with van der Waals surface area (Å²) < 4.78 is 12.7. The fourth-order valence-electron chi connectivity index (χ4n) is 1.16. The number of ether oxygens (including phenoxy) is 1. The molecule has 1 aromatic carbocycles. The molecular weight excluding hydrogens is 186 g/mol. The fourth-order valence-corrected chi connectivity index (χ4v) is 1.72. The van der Waals surface area contributed by atoms with Crippen LogP contribution in [-0.2, 0) is 4.18 Å². The second-order valence-electron chi connectivity index (χ2n) is 2.60. The molecular formula is C9H11NO2S. The topological polar surface area (TPSA) is 21.7 Å². The van der Waals surface area contributed by atoms with Gasteiger partial charge in [-0.25, -0.2) is 0 Å². The maximum atomic E-state index is 5.43. The lowest BCUT2D eigenvalue weighted by Crippen LogP contribution is -2.13. The van der Waals surface area contributed by atoms with E-state index in [0.717, 1.165) is 11.4 Å². The van der Waals surface area contributed by atoms with Crippen molar-refractivity contribution in [2.24, 2.45) is 0 Å². The Morgan fingerprint density at radius 2 is 2.38 bits per heavy atom. The number of anilines is 1. The van der Waals surface area contributed by atoms with E-state index >= 15 is 0 Å². The highest BCUT2D eigenvalue weighted by molar-refractivity contribution is 7.96. The van der Waals surface area contributed by atoms with E-state index in [1.807, 2.05) is 35.5 Å². The van der Waals surface area contributed by atoms with E-state index in [9.17, 15) is 0 Å². The molecule has 0 bridgehead atoms. The average molecular weight is 197 g/mol. The third-order valence-corrected chi connectivity index (χ3v) is 2.55. The zero-order valence-electron chi connectivity index (χ0n) is 7.40. The van der Waals surface area contributed by atoms with Crippen LogP contribution in [0.5, 0.6) is 5.75 Å². The van der Waals surface area contributed by atoms with Crippen LogP contribution >= 0.6 is 12.2 Å². The molecule has 0 atom stereocenters. The van der Waals surface area contributed by atoms with Crippen molar-refractivity contribution in [3.8, 4) is 5.75 Å². The van der Waals surface area contributed by atoms with Crippen molar-refractivity contribution in [1.29, 1.82) is 0 Å². The second kappa shape index (κ2) is 3.89. The third-order valence-electron chi connectivity index (χ3n) is 1.73. The number of hydrogen-bond donors (Lipinski definition) is 0. The summed E-state index contributed by atoms with van der Waals surface area (Å²) in [4.78, 5) is 0. The van der Waals surface area contributed by atoms with Crippen LogP contribution in [0.25, 0.3) is 0 Å². The maximum Gasteiger partial charge on any atom is 0.173 e. The summed E-state index contributed by atoms with van der Waals surface area (Å²) >= 11 is 1.34. The Morgan fingerprint density at radius 3 is 3.23 bits per heavy atom. The second-order valence-corrected chi connectivity index (χ2v) is 3.43. The minimum atomic E-state index is 0.560. The highest BCUT2D eigenvalue weighted by Gasteiger charge is 2.20. The van der Waals surface area contributed by atoms with Crippen molar-refractivity contribution in [2.45, 2.75) is 6.92 Å². The Hall–Kier alpha value is -0.870. The molecule has 1 aliphatic heterocycles. The summed E-state index contributed by atoms with van der Waals surface area (Å²) in [5.74, 6) is 0.926. The van der Waals surface area contributed by atoms with Crippen molar-refractivity contribution >= 4 is 17.9 Å². The van der Waals surface area contributed by atoms with Crippen molar-refractivity contribution in [1.82, 2.24) is 0 Å². The molecule has 0 radical (unpaired) electrons. The van der Waals surface area contributed by atoms with Crippen molar-refractivity contribution in [3.05, 3.63) is 24.3 Å². The Kier molecular flexibility index (Phi) is 2.61. The summed E-state index contributed by atoms with van der Waals surface area (Å²) in [5, 5.41) is 0. The lowest BCUT2D eigenvalue weighted by atomic mass is 10.3. The molecule has 0 saturated carbocycles. The number of nitrogens with zero attached hydrogens (tertiary/aromatic N) is 1. The molecule has 13 heavy (non-hydrogen) atoms. The highest BCUT2D eigenvalue weighted by atomic mass is 32.2. The Bertz CT molecular complexity index is 293. The van der Waals surface area contributed by atoms with Crippen LogP contribution in [0.15, 0.2) is 24.3 Å².